The molecule has 14 heteroatoms. The van der Waals surface area contributed by atoms with Crippen LogP contribution in [0.1, 0.15) is 78.2 Å². The summed E-state index contributed by atoms with van der Waals surface area (Å²) in [6, 6.07) is 19.5. The molecule has 5 rings (SSSR count). The summed E-state index contributed by atoms with van der Waals surface area (Å²) in [6.07, 6.45) is 4.16. The van der Waals surface area contributed by atoms with Crippen molar-refractivity contribution in [3.63, 3.8) is 0 Å². The average molecular weight is 674 g/mol. The van der Waals surface area contributed by atoms with Gasteiger partial charge in [0.05, 0.1) is 21.0 Å². The number of benzene rings is 4. The summed E-state index contributed by atoms with van der Waals surface area (Å²) in [5.74, 6) is -3.62. The zero-order valence-corrected chi connectivity index (χ0v) is 26.0. The highest BCUT2D eigenvalue weighted by Gasteiger charge is 2.25. The van der Waals surface area contributed by atoms with Crippen molar-refractivity contribution in [2.45, 2.75) is 25.7 Å². The molecule has 0 bridgehead atoms. The lowest BCUT2D eigenvalue weighted by atomic mass is 9.97. The number of nitro benzene ring substituents is 2. The second-order valence-corrected chi connectivity index (χ2v) is 11.1. The zero-order chi connectivity index (χ0) is 35.0. The zero-order valence-electron chi connectivity index (χ0n) is 25.2. The fraction of sp³-hybridized carbons (Fsp3) is 0.176. The molecule has 1 fully saturated rings. The Morgan fingerprint density at radius 1 is 0.604 bits per heavy atom. The molecule has 0 unspecified atom stereocenters. The number of halogens is 1. The van der Waals surface area contributed by atoms with E-state index in [1.165, 1.54) is 66.7 Å². The number of nitrogens with zero attached hydrogens (tertiary/aromatic N) is 3. The standard InChI is InChI=1S/C20H20N2O5.C14H8ClNO5/c23-19(15-7-3-4-8-16(15)20(24)25)14-9-10-17(18(13-14)22(26)27)21-11-5-1-2-6-12-21;15-11-6-5-8(7-12(11)16(20)21)13(17)9-3-1-2-4-10(9)14(18)19/h3-4,7-10,13H,1-2,5-6,11-12H2,(H,24,25);1-7H,(H,18,19). The van der Waals surface area contributed by atoms with Gasteiger partial charge in [0, 0.05) is 47.5 Å². The van der Waals surface area contributed by atoms with Crippen LogP contribution in [-0.4, -0.2) is 56.7 Å². The summed E-state index contributed by atoms with van der Waals surface area (Å²) in [4.78, 5) is 70.8. The van der Waals surface area contributed by atoms with Gasteiger partial charge in [0.25, 0.3) is 11.4 Å². The van der Waals surface area contributed by atoms with Crippen LogP contribution in [0.5, 0.6) is 0 Å². The first kappa shape index (κ1) is 34.9. The lowest BCUT2D eigenvalue weighted by Crippen LogP contribution is -2.25. The Hall–Kier alpha value is -5.95. The Morgan fingerprint density at radius 3 is 1.46 bits per heavy atom. The lowest BCUT2D eigenvalue weighted by molar-refractivity contribution is -0.384. The maximum Gasteiger partial charge on any atom is 0.336 e. The second kappa shape index (κ2) is 15.6. The van der Waals surface area contributed by atoms with Gasteiger partial charge in [-0.1, -0.05) is 60.8 Å². The van der Waals surface area contributed by atoms with Gasteiger partial charge in [0.2, 0.25) is 0 Å². The summed E-state index contributed by atoms with van der Waals surface area (Å²) in [6.45, 7) is 1.49. The minimum Gasteiger partial charge on any atom is -0.478 e. The van der Waals surface area contributed by atoms with Crippen LogP contribution in [0.15, 0.2) is 84.9 Å². The van der Waals surface area contributed by atoms with Crippen molar-refractivity contribution in [3.8, 4) is 0 Å². The Bertz CT molecular complexity index is 1920. The molecule has 0 spiro atoms. The van der Waals surface area contributed by atoms with Gasteiger partial charge in [0.1, 0.15) is 10.7 Å². The summed E-state index contributed by atoms with van der Waals surface area (Å²) in [5.41, 5.74) is -0.241. The molecular formula is C34H28ClN3O10. The number of hydrogen-bond donors (Lipinski definition) is 2. The highest BCUT2D eigenvalue weighted by molar-refractivity contribution is 6.33. The Balaban J connectivity index is 0.000000224. The summed E-state index contributed by atoms with van der Waals surface area (Å²) < 4.78 is 0. The highest BCUT2D eigenvalue weighted by atomic mass is 35.5. The van der Waals surface area contributed by atoms with Gasteiger partial charge in [-0.15, -0.1) is 0 Å². The first-order valence-corrected chi connectivity index (χ1v) is 15.0. The minimum atomic E-state index is -1.25. The first-order chi connectivity index (χ1) is 22.9. The van der Waals surface area contributed by atoms with E-state index in [0.717, 1.165) is 44.8 Å². The van der Waals surface area contributed by atoms with Crippen molar-refractivity contribution >= 4 is 52.2 Å². The number of nitro groups is 2. The molecule has 1 saturated heterocycles. The van der Waals surface area contributed by atoms with E-state index in [1.807, 2.05) is 4.90 Å². The van der Waals surface area contributed by atoms with Crippen molar-refractivity contribution in [2.75, 3.05) is 18.0 Å². The van der Waals surface area contributed by atoms with Crippen molar-refractivity contribution in [1.29, 1.82) is 0 Å². The normalized spacial score (nSPS) is 12.6. The Kier molecular flexibility index (Phi) is 11.3. The van der Waals surface area contributed by atoms with E-state index >= 15 is 0 Å². The smallest absolute Gasteiger partial charge is 0.336 e. The van der Waals surface area contributed by atoms with Gasteiger partial charge < -0.3 is 15.1 Å². The molecule has 0 saturated carbocycles. The summed E-state index contributed by atoms with van der Waals surface area (Å²) >= 11 is 5.68. The number of carboxylic acids is 2. The van der Waals surface area contributed by atoms with E-state index in [2.05, 4.69) is 0 Å². The molecule has 48 heavy (non-hydrogen) atoms. The van der Waals surface area contributed by atoms with Gasteiger partial charge >= 0.3 is 11.9 Å². The number of carbonyl (C=O) groups is 4. The van der Waals surface area contributed by atoms with Crippen molar-refractivity contribution < 1.29 is 39.2 Å². The molecule has 0 atom stereocenters. The molecule has 1 aliphatic rings. The predicted molar refractivity (Wildman–Crippen MR) is 176 cm³/mol. The number of carbonyl (C=O) groups excluding carboxylic acids is 2. The minimum absolute atomic E-state index is 0.000185. The molecule has 0 amide bonds. The Labute approximate surface area is 278 Å². The van der Waals surface area contributed by atoms with Crippen LogP contribution in [-0.2, 0) is 0 Å². The number of hydrogen-bond acceptors (Lipinski definition) is 9. The van der Waals surface area contributed by atoms with E-state index in [9.17, 15) is 44.5 Å². The van der Waals surface area contributed by atoms with Gasteiger partial charge in [0.15, 0.2) is 11.6 Å². The van der Waals surface area contributed by atoms with Gasteiger partial charge in [-0.25, -0.2) is 9.59 Å². The van der Waals surface area contributed by atoms with E-state index in [0.29, 0.717) is 5.69 Å². The van der Waals surface area contributed by atoms with Crippen LogP contribution in [0, 0.1) is 20.2 Å². The molecule has 13 nitrogen and oxygen atoms in total. The van der Waals surface area contributed by atoms with Crippen LogP contribution in [0.2, 0.25) is 5.02 Å². The molecular weight excluding hydrogens is 646 g/mol. The largest absolute Gasteiger partial charge is 0.478 e. The molecule has 0 aliphatic carbocycles. The topological polar surface area (TPSA) is 198 Å². The molecule has 246 valence electrons. The third-order valence-electron chi connectivity index (χ3n) is 7.59. The van der Waals surface area contributed by atoms with E-state index in [-0.39, 0.29) is 44.1 Å². The lowest BCUT2D eigenvalue weighted by Gasteiger charge is -2.22. The molecule has 2 N–H and O–H groups in total. The third kappa shape index (κ3) is 8.06. The van der Waals surface area contributed by atoms with E-state index < -0.39 is 39.0 Å². The quantitative estimate of drug-likeness (QED) is 0.104. The first-order valence-electron chi connectivity index (χ1n) is 14.6. The second-order valence-electron chi connectivity index (χ2n) is 10.6. The molecule has 4 aromatic carbocycles. The predicted octanol–water partition coefficient (Wildman–Crippen LogP) is 7.08. The van der Waals surface area contributed by atoms with Crippen molar-refractivity contribution in [3.05, 3.63) is 144 Å². The number of anilines is 1. The van der Waals surface area contributed by atoms with Crippen LogP contribution in [0.4, 0.5) is 17.1 Å². The van der Waals surface area contributed by atoms with Gasteiger partial charge in [-0.2, -0.15) is 0 Å². The SMILES string of the molecule is O=C(O)c1ccccc1C(=O)c1ccc(Cl)c([N+](=O)[O-])c1.O=C(O)c1ccccc1C(=O)c1ccc(N2CCCCCC2)c([N+](=O)[O-])c1. The van der Waals surface area contributed by atoms with Gasteiger partial charge in [-0.05, 0) is 49.2 Å². The molecule has 0 radical (unpaired) electrons. The maximum absolute atomic E-state index is 12.8. The van der Waals surface area contributed by atoms with E-state index in [4.69, 9.17) is 16.7 Å². The third-order valence-corrected chi connectivity index (χ3v) is 7.91. The summed E-state index contributed by atoms with van der Waals surface area (Å²) in [5, 5.41) is 40.7. The fourth-order valence-corrected chi connectivity index (χ4v) is 5.42. The maximum atomic E-state index is 12.8. The van der Waals surface area contributed by atoms with E-state index in [1.54, 1.807) is 12.1 Å². The fourth-order valence-electron chi connectivity index (χ4n) is 5.23. The monoisotopic (exact) mass is 673 g/mol. The molecule has 1 heterocycles. The Morgan fingerprint density at radius 2 is 1.02 bits per heavy atom. The van der Waals surface area contributed by atoms with Crippen molar-refractivity contribution in [2.24, 2.45) is 0 Å². The number of ketones is 2. The highest BCUT2D eigenvalue weighted by Crippen LogP contribution is 2.32. The molecule has 0 aromatic heterocycles. The van der Waals surface area contributed by atoms with Crippen LogP contribution in [0.3, 0.4) is 0 Å². The van der Waals surface area contributed by atoms with Crippen molar-refractivity contribution in [1.82, 2.24) is 0 Å². The number of aromatic carboxylic acids is 2. The summed E-state index contributed by atoms with van der Waals surface area (Å²) in [7, 11) is 0. The van der Waals surface area contributed by atoms with Crippen LogP contribution < -0.4 is 4.90 Å². The number of carboxylic acid groups (broad SMARTS) is 2. The number of rotatable bonds is 9. The van der Waals surface area contributed by atoms with Crippen LogP contribution in [0.25, 0.3) is 0 Å². The molecule has 4 aromatic rings. The van der Waals surface area contributed by atoms with Crippen LogP contribution >= 0.6 is 11.6 Å². The molecule has 1 aliphatic heterocycles. The van der Waals surface area contributed by atoms with Gasteiger partial charge in [-0.3, -0.25) is 29.8 Å². The average Bonchev–Trinajstić information content (AvgIpc) is 3.37.